The van der Waals surface area contributed by atoms with Crippen molar-refractivity contribution < 1.29 is 19.4 Å². The number of fused-ring (bicyclic) bond motifs is 1. The minimum Gasteiger partial charge on any atom is -0.504 e. The molecule has 0 radical (unpaired) electrons. The molecule has 29 heavy (non-hydrogen) atoms. The van der Waals surface area contributed by atoms with Gasteiger partial charge in [-0.3, -0.25) is 4.79 Å². The van der Waals surface area contributed by atoms with E-state index in [0.29, 0.717) is 43.5 Å². The highest BCUT2D eigenvalue weighted by Gasteiger charge is 2.35. The van der Waals surface area contributed by atoms with E-state index in [0.717, 1.165) is 23.1 Å². The summed E-state index contributed by atoms with van der Waals surface area (Å²) in [7, 11) is 0. The Bertz CT molecular complexity index is 927. The Kier molecular flexibility index (Phi) is 5.45. The fraction of sp³-hybridized carbons (Fsp3) is 0.435. The van der Waals surface area contributed by atoms with Gasteiger partial charge < -0.3 is 19.5 Å². The first-order valence-electron chi connectivity index (χ1n) is 10.00. The Morgan fingerprint density at radius 2 is 2.03 bits per heavy atom. The molecular weight excluding hydrogens is 390 g/mol. The monoisotopic (exact) mass is 415 g/mol. The molecule has 6 heteroatoms. The van der Waals surface area contributed by atoms with Crippen LogP contribution in [0.25, 0.3) is 11.1 Å². The number of benzene rings is 2. The molecule has 5 nitrogen and oxygen atoms in total. The van der Waals surface area contributed by atoms with E-state index in [2.05, 4.69) is 0 Å². The maximum atomic E-state index is 13.2. The van der Waals surface area contributed by atoms with Gasteiger partial charge in [-0.05, 0) is 62.1 Å². The lowest BCUT2D eigenvalue weighted by Crippen LogP contribution is -2.43. The van der Waals surface area contributed by atoms with E-state index in [1.807, 2.05) is 49.1 Å². The maximum absolute atomic E-state index is 13.2. The second-order valence-electron chi connectivity index (χ2n) is 8.40. The van der Waals surface area contributed by atoms with Gasteiger partial charge in [-0.25, -0.2) is 0 Å². The molecule has 0 bridgehead atoms. The third-order valence-corrected chi connectivity index (χ3v) is 5.87. The van der Waals surface area contributed by atoms with Crippen LogP contribution in [-0.4, -0.2) is 41.3 Å². The molecule has 1 fully saturated rings. The summed E-state index contributed by atoms with van der Waals surface area (Å²) in [6, 6.07) is 11.1. The van der Waals surface area contributed by atoms with Gasteiger partial charge in [0.25, 0.3) is 0 Å². The largest absolute Gasteiger partial charge is 0.504 e. The highest BCUT2D eigenvalue weighted by molar-refractivity contribution is 6.30. The first-order valence-corrected chi connectivity index (χ1v) is 10.4. The van der Waals surface area contributed by atoms with E-state index in [4.69, 9.17) is 21.1 Å². The number of hydrogen-bond acceptors (Lipinski definition) is 4. The molecular formula is C23H26ClNO4. The molecule has 4 rings (SSSR count). The summed E-state index contributed by atoms with van der Waals surface area (Å²) in [6.45, 7) is 5.93. The van der Waals surface area contributed by atoms with Crippen LogP contribution in [0.1, 0.15) is 32.3 Å². The molecule has 2 heterocycles. The van der Waals surface area contributed by atoms with Crippen LogP contribution in [0.5, 0.6) is 11.5 Å². The zero-order valence-electron chi connectivity index (χ0n) is 16.8. The first kappa shape index (κ1) is 20.0. The second-order valence-corrected chi connectivity index (χ2v) is 8.84. The summed E-state index contributed by atoms with van der Waals surface area (Å²) < 4.78 is 11.6. The topological polar surface area (TPSA) is 59.0 Å². The predicted octanol–water partition coefficient (Wildman–Crippen LogP) is 4.64. The van der Waals surface area contributed by atoms with Crippen molar-refractivity contribution in [1.29, 1.82) is 0 Å². The van der Waals surface area contributed by atoms with Crippen molar-refractivity contribution in [2.75, 3.05) is 19.8 Å². The van der Waals surface area contributed by atoms with Crippen molar-refractivity contribution in [3.8, 4) is 22.6 Å². The number of aromatic hydroxyl groups is 1. The highest BCUT2D eigenvalue weighted by atomic mass is 35.5. The minimum atomic E-state index is -0.281. The Morgan fingerprint density at radius 1 is 1.21 bits per heavy atom. The van der Waals surface area contributed by atoms with Gasteiger partial charge in [0, 0.05) is 29.7 Å². The van der Waals surface area contributed by atoms with Crippen LogP contribution in [0.3, 0.4) is 0 Å². The van der Waals surface area contributed by atoms with Crippen LogP contribution < -0.4 is 4.74 Å². The SMILES string of the molecule is CC1(C)C[C@@H](C(=O)N2CCOc3c(O)cc(-c4cccc(Cl)c4)cc3C2)CCO1. The van der Waals surface area contributed by atoms with Crippen molar-refractivity contribution in [2.45, 2.75) is 38.8 Å². The molecule has 0 saturated carbocycles. The summed E-state index contributed by atoms with van der Waals surface area (Å²) in [6.07, 6.45) is 1.45. The van der Waals surface area contributed by atoms with E-state index in [1.165, 1.54) is 0 Å². The molecule has 0 unspecified atom stereocenters. The molecule has 2 aliphatic rings. The third-order valence-electron chi connectivity index (χ3n) is 5.63. The third kappa shape index (κ3) is 4.36. The maximum Gasteiger partial charge on any atom is 0.226 e. The van der Waals surface area contributed by atoms with Gasteiger partial charge in [-0.15, -0.1) is 0 Å². The molecule has 0 spiro atoms. The van der Waals surface area contributed by atoms with Crippen LogP contribution in [0, 0.1) is 5.92 Å². The molecule has 1 atom stereocenters. The van der Waals surface area contributed by atoms with E-state index < -0.39 is 0 Å². The predicted molar refractivity (Wildman–Crippen MR) is 112 cm³/mol. The second kappa shape index (κ2) is 7.88. The van der Waals surface area contributed by atoms with Gasteiger partial charge in [-0.1, -0.05) is 23.7 Å². The Hall–Kier alpha value is -2.24. The van der Waals surface area contributed by atoms with E-state index in [1.54, 1.807) is 6.07 Å². The molecule has 2 aromatic rings. The lowest BCUT2D eigenvalue weighted by molar-refractivity contribution is -0.146. The number of rotatable bonds is 2. The zero-order chi connectivity index (χ0) is 20.6. The number of nitrogens with zero attached hydrogens (tertiary/aromatic N) is 1. The van der Waals surface area contributed by atoms with Crippen LogP contribution in [-0.2, 0) is 16.1 Å². The van der Waals surface area contributed by atoms with Gasteiger partial charge in [0.15, 0.2) is 11.5 Å². The average molecular weight is 416 g/mol. The number of carbonyl (C=O) groups is 1. The normalized spacial score (nSPS) is 21.1. The number of ether oxygens (including phenoxy) is 2. The quantitative estimate of drug-likeness (QED) is 0.776. The number of hydrogen-bond donors (Lipinski definition) is 1. The lowest BCUT2D eigenvalue weighted by atomic mass is 9.87. The van der Waals surface area contributed by atoms with Gasteiger partial charge in [0.05, 0.1) is 12.1 Å². The van der Waals surface area contributed by atoms with Crippen molar-refractivity contribution in [2.24, 2.45) is 5.92 Å². The van der Waals surface area contributed by atoms with Gasteiger partial charge in [-0.2, -0.15) is 0 Å². The van der Waals surface area contributed by atoms with Crippen molar-refractivity contribution >= 4 is 17.5 Å². The van der Waals surface area contributed by atoms with E-state index >= 15 is 0 Å². The molecule has 1 amide bonds. The number of halogens is 1. The Labute approximate surface area is 176 Å². The van der Waals surface area contributed by atoms with Crippen molar-refractivity contribution in [3.05, 3.63) is 47.0 Å². The van der Waals surface area contributed by atoms with Crippen molar-refractivity contribution in [3.63, 3.8) is 0 Å². The standard InChI is InChI=1S/C23H26ClNO4/c1-23(2)13-16(6-8-29-23)22(27)25-7-9-28-21-18(14-25)10-17(12-20(21)26)15-4-3-5-19(24)11-15/h3-5,10-12,16,26H,6-9,13-14H2,1-2H3/t16-/m0/s1. The summed E-state index contributed by atoms with van der Waals surface area (Å²) in [5, 5.41) is 11.2. The smallest absolute Gasteiger partial charge is 0.226 e. The van der Waals surface area contributed by atoms with Crippen LogP contribution in [0.4, 0.5) is 0 Å². The lowest BCUT2D eigenvalue weighted by Gasteiger charge is -2.36. The molecule has 0 aromatic heterocycles. The number of amides is 1. The zero-order valence-corrected chi connectivity index (χ0v) is 17.5. The van der Waals surface area contributed by atoms with Gasteiger partial charge in [0.1, 0.15) is 6.61 Å². The van der Waals surface area contributed by atoms with Crippen molar-refractivity contribution in [1.82, 2.24) is 4.90 Å². The minimum absolute atomic E-state index is 0.0509. The number of carbonyl (C=O) groups excluding carboxylic acids is 1. The summed E-state index contributed by atoms with van der Waals surface area (Å²) in [5.41, 5.74) is 2.27. The molecule has 2 aromatic carbocycles. The fourth-order valence-corrected chi connectivity index (χ4v) is 4.41. The van der Waals surface area contributed by atoms with Crippen LogP contribution in [0.2, 0.25) is 5.02 Å². The molecule has 154 valence electrons. The van der Waals surface area contributed by atoms with E-state index in [9.17, 15) is 9.90 Å². The molecule has 2 aliphatic heterocycles. The number of phenolic OH excluding ortho intramolecular Hbond substituents is 1. The van der Waals surface area contributed by atoms with Gasteiger partial charge >= 0.3 is 0 Å². The molecule has 0 aliphatic carbocycles. The Balaban J connectivity index is 1.61. The van der Waals surface area contributed by atoms with Crippen LogP contribution in [0.15, 0.2) is 36.4 Å². The Morgan fingerprint density at radius 3 is 2.79 bits per heavy atom. The summed E-state index contributed by atoms with van der Waals surface area (Å²) >= 11 is 6.13. The molecule has 1 N–H and O–H groups in total. The van der Waals surface area contributed by atoms with Gasteiger partial charge in [0.2, 0.25) is 5.91 Å². The number of phenols is 1. The van der Waals surface area contributed by atoms with Crippen LogP contribution >= 0.6 is 11.6 Å². The molecule has 1 saturated heterocycles. The first-order chi connectivity index (χ1) is 13.8. The highest BCUT2D eigenvalue weighted by Crippen LogP contribution is 2.39. The summed E-state index contributed by atoms with van der Waals surface area (Å²) in [4.78, 5) is 15.1. The summed E-state index contributed by atoms with van der Waals surface area (Å²) in [5.74, 6) is 0.618. The average Bonchev–Trinajstić information content (AvgIpc) is 2.89. The fourth-order valence-electron chi connectivity index (χ4n) is 4.22. The van der Waals surface area contributed by atoms with E-state index in [-0.39, 0.29) is 23.2 Å².